The van der Waals surface area contributed by atoms with Crippen LogP contribution in [0, 0.1) is 5.82 Å². The van der Waals surface area contributed by atoms with Crippen molar-refractivity contribution in [1.29, 1.82) is 0 Å². The molecule has 118 valence electrons. The van der Waals surface area contributed by atoms with Crippen LogP contribution in [0.5, 0.6) is 0 Å². The standard InChI is InChI=1S/C14H19ClFNO3S/c15-12-4-5-13(16)11(8-12)9-21(19,20)17-10-14(18)6-2-1-3-7-14/h4-5,8,17-18H,1-3,6-7,9-10H2. The summed E-state index contributed by atoms with van der Waals surface area (Å²) in [6.07, 6.45) is 4.01. The highest BCUT2D eigenvalue weighted by molar-refractivity contribution is 7.88. The molecule has 0 heterocycles. The number of hydrogen-bond donors (Lipinski definition) is 2. The van der Waals surface area contributed by atoms with Gasteiger partial charge in [-0.3, -0.25) is 0 Å². The van der Waals surface area contributed by atoms with E-state index in [9.17, 15) is 17.9 Å². The van der Waals surface area contributed by atoms with Crippen molar-refractivity contribution >= 4 is 21.6 Å². The van der Waals surface area contributed by atoms with Crippen LogP contribution < -0.4 is 4.72 Å². The van der Waals surface area contributed by atoms with Crippen molar-refractivity contribution in [1.82, 2.24) is 4.72 Å². The van der Waals surface area contributed by atoms with Gasteiger partial charge in [0, 0.05) is 17.1 Å². The van der Waals surface area contributed by atoms with E-state index < -0.39 is 27.2 Å². The van der Waals surface area contributed by atoms with Gasteiger partial charge in [0.15, 0.2) is 0 Å². The Bertz CT molecular complexity index is 600. The third-order valence-corrected chi connectivity index (χ3v) is 5.27. The van der Waals surface area contributed by atoms with Gasteiger partial charge in [0.1, 0.15) is 5.82 Å². The van der Waals surface area contributed by atoms with E-state index in [4.69, 9.17) is 11.6 Å². The molecular formula is C14H19ClFNO3S. The highest BCUT2D eigenvalue weighted by Gasteiger charge is 2.30. The Hall–Kier alpha value is -0.690. The summed E-state index contributed by atoms with van der Waals surface area (Å²) in [4.78, 5) is 0. The van der Waals surface area contributed by atoms with Crippen LogP contribution in [-0.4, -0.2) is 25.7 Å². The Labute approximate surface area is 129 Å². The van der Waals surface area contributed by atoms with E-state index in [1.54, 1.807) is 0 Å². The predicted molar refractivity (Wildman–Crippen MR) is 80.1 cm³/mol. The van der Waals surface area contributed by atoms with E-state index in [0.717, 1.165) is 25.3 Å². The van der Waals surface area contributed by atoms with Crippen LogP contribution in [0.4, 0.5) is 4.39 Å². The van der Waals surface area contributed by atoms with E-state index in [1.165, 1.54) is 12.1 Å². The van der Waals surface area contributed by atoms with Crippen molar-refractivity contribution in [2.75, 3.05) is 6.54 Å². The Kier molecular flexibility index (Phi) is 5.24. The molecule has 4 nitrogen and oxygen atoms in total. The van der Waals surface area contributed by atoms with Crippen molar-refractivity contribution in [2.24, 2.45) is 0 Å². The van der Waals surface area contributed by atoms with E-state index in [2.05, 4.69) is 4.72 Å². The lowest BCUT2D eigenvalue weighted by Crippen LogP contribution is -2.44. The van der Waals surface area contributed by atoms with Crippen LogP contribution in [0.3, 0.4) is 0 Å². The van der Waals surface area contributed by atoms with Crippen LogP contribution in [-0.2, 0) is 15.8 Å². The predicted octanol–water partition coefficient (Wildman–Crippen LogP) is 2.59. The maximum atomic E-state index is 13.6. The number of rotatable bonds is 5. The highest BCUT2D eigenvalue weighted by Crippen LogP contribution is 2.27. The molecule has 1 fully saturated rings. The molecule has 0 bridgehead atoms. The molecule has 0 spiro atoms. The molecule has 0 radical (unpaired) electrons. The van der Waals surface area contributed by atoms with Gasteiger partial charge in [-0.05, 0) is 31.0 Å². The fourth-order valence-corrected chi connectivity index (χ4v) is 3.96. The number of sulfonamides is 1. The topological polar surface area (TPSA) is 66.4 Å². The molecule has 1 saturated carbocycles. The summed E-state index contributed by atoms with van der Waals surface area (Å²) in [5.74, 6) is -1.10. The minimum atomic E-state index is -3.72. The molecule has 0 saturated heterocycles. The van der Waals surface area contributed by atoms with Gasteiger partial charge in [-0.15, -0.1) is 0 Å². The Morgan fingerprint density at radius 2 is 1.95 bits per heavy atom. The monoisotopic (exact) mass is 335 g/mol. The third kappa shape index (κ3) is 4.92. The van der Waals surface area contributed by atoms with Crippen molar-refractivity contribution in [2.45, 2.75) is 43.5 Å². The SMILES string of the molecule is O=S(=O)(Cc1cc(Cl)ccc1F)NCC1(O)CCCCC1. The van der Waals surface area contributed by atoms with Gasteiger partial charge < -0.3 is 5.11 Å². The van der Waals surface area contributed by atoms with Crippen molar-refractivity contribution in [3.05, 3.63) is 34.6 Å². The van der Waals surface area contributed by atoms with Gasteiger partial charge in [-0.25, -0.2) is 17.5 Å². The second kappa shape index (κ2) is 6.60. The minimum absolute atomic E-state index is 0.0191. The fourth-order valence-electron chi connectivity index (χ4n) is 2.54. The third-order valence-electron chi connectivity index (χ3n) is 3.76. The van der Waals surface area contributed by atoms with E-state index >= 15 is 0 Å². The molecular weight excluding hydrogens is 317 g/mol. The smallest absolute Gasteiger partial charge is 0.215 e. The number of halogens is 2. The summed E-state index contributed by atoms with van der Waals surface area (Å²) in [6.45, 7) is -0.0302. The molecule has 0 aliphatic heterocycles. The van der Waals surface area contributed by atoms with Gasteiger partial charge in [0.2, 0.25) is 10.0 Å². The first kappa shape index (κ1) is 16.7. The summed E-state index contributed by atoms with van der Waals surface area (Å²) in [5.41, 5.74) is -0.969. The van der Waals surface area contributed by atoms with Crippen LogP contribution in [0.15, 0.2) is 18.2 Å². The average molecular weight is 336 g/mol. The maximum Gasteiger partial charge on any atom is 0.215 e. The molecule has 1 aromatic carbocycles. The van der Waals surface area contributed by atoms with Gasteiger partial charge >= 0.3 is 0 Å². The van der Waals surface area contributed by atoms with E-state index in [1.807, 2.05) is 0 Å². The first-order valence-electron chi connectivity index (χ1n) is 6.93. The van der Waals surface area contributed by atoms with Gasteiger partial charge in [-0.2, -0.15) is 0 Å². The molecule has 7 heteroatoms. The Balaban J connectivity index is 2.00. The molecule has 21 heavy (non-hydrogen) atoms. The zero-order valence-electron chi connectivity index (χ0n) is 11.6. The van der Waals surface area contributed by atoms with Gasteiger partial charge in [-0.1, -0.05) is 30.9 Å². The lowest BCUT2D eigenvalue weighted by molar-refractivity contribution is 0.00944. The quantitative estimate of drug-likeness (QED) is 0.869. The van der Waals surface area contributed by atoms with Crippen LogP contribution in [0.1, 0.15) is 37.7 Å². The maximum absolute atomic E-state index is 13.6. The fraction of sp³-hybridized carbons (Fsp3) is 0.571. The molecule has 2 rings (SSSR count). The summed E-state index contributed by atoms with van der Waals surface area (Å²) in [6, 6.07) is 3.80. The van der Waals surface area contributed by atoms with Crippen LogP contribution in [0.25, 0.3) is 0 Å². The molecule has 0 aromatic heterocycles. The summed E-state index contributed by atoms with van der Waals surface area (Å²) < 4.78 is 40.0. The molecule has 2 N–H and O–H groups in total. The van der Waals surface area contributed by atoms with Crippen molar-refractivity contribution in [3.63, 3.8) is 0 Å². The Morgan fingerprint density at radius 3 is 2.62 bits per heavy atom. The van der Waals surface area contributed by atoms with Crippen LogP contribution >= 0.6 is 11.6 Å². The Morgan fingerprint density at radius 1 is 1.29 bits per heavy atom. The molecule has 1 aliphatic rings. The lowest BCUT2D eigenvalue weighted by Gasteiger charge is -2.32. The number of aliphatic hydroxyl groups is 1. The summed E-state index contributed by atoms with van der Waals surface area (Å²) in [7, 11) is -3.72. The number of hydrogen-bond acceptors (Lipinski definition) is 3. The first-order chi connectivity index (χ1) is 9.80. The summed E-state index contributed by atoms with van der Waals surface area (Å²) in [5, 5.41) is 10.6. The second-order valence-corrected chi connectivity index (χ2v) is 7.84. The van der Waals surface area contributed by atoms with E-state index in [-0.39, 0.29) is 17.1 Å². The van der Waals surface area contributed by atoms with Gasteiger partial charge in [0.25, 0.3) is 0 Å². The van der Waals surface area contributed by atoms with Crippen LogP contribution in [0.2, 0.25) is 5.02 Å². The van der Waals surface area contributed by atoms with Crippen molar-refractivity contribution in [3.8, 4) is 0 Å². The first-order valence-corrected chi connectivity index (χ1v) is 8.96. The molecule has 0 atom stereocenters. The zero-order chi connectivity index (χ0) is 15.5. The molecule has 0 amide bonds. The average Bonchev–Trinajstić information content (AvgIpc) is 2.42. The van der Waals surface area contributed by atoms with Gasteiger partial charge in [0.05, 0.1) is 11.4 Å². The normalized spacial score (nSPS) is 18.6. The zero-order valence-corrected chi connectivity index (χ0v) is 13.2. The number of nitrogens with one attached hydrogen (secondary N) is 1. The minimum Gasteiger partial charge on any atom is -0.389 e. The summed E-state index contributed by atoms with van der Waals surface area (Å²) >= 11 is 5.74. The largest absolute Gasteiger partial charge is 0.389 e. The molecule has 1 aromatic rings. The molecule has 0 unspecified atom stereocenters. The lowest BCUT2D eigenvalue weighted by atomic mass is 9.85. The molecule has 1 aliphatic carbocycles. The number of benzene rings is 1. The van der Waals surface area contributed by atoms with Crippen molar-refractivity contribution < 1.29 is 17.9 Å². The van der Waals surface area contributed by atoms with E-state index in [0.29, 0.717) is 12.8 Å². The highest BCUT2D eigenvalue weighted by atomic mass is 35.5. The second-order valence-electron chi connectivity index (χ2n) is 5.60.